The van der Waals surface area contributed by atoms with Crippen molar-refractivity contribution in [3.05, 3.63) is 65.3 Å². The van der Waals surface area contributed by atoms with E-state index >= 15 is 0 Å². The number of hydrogen-bond acceptors (Lipinski definition) is 4. The molecule has 194 valence electrons. The number of benzene rings is 2. The van der Waals surface area contributed by atoms with Gasteiger partial charge in [-0.3, -0.25) is 4.79 Å². The maximum absolute atomic E-state index is 13.3. The molecule has 1 aliphatic carbocycles. The Balaban J connectivity index is 0.00000123. The van der Waals surface area contributed by atoms with Crippen LogP contribution in [-0.2, 0) is 16.0 Å². The highest BCUT2D eigenvalue weighted by Gasteiger charge is 2.48. The summed E-state index contributed by atoms with van der Waals surface area (Å²) in [4.78, 5) is 15.9. The fraction of sp³-hybridized carbons (Fsp3) is 0.452. The highest BCUT2D eigenvalue weighted by atomic mass is 16.5. The van der Waals surface area contributed by atoms with Gasteiger partial charge in [-0.25, -0.2) is 0 Å². The molecule has 37 heavy (non-hydrogen) atoms. The quantitative estimate of drug-likeness (QED) is 0.475. The average Bonchev–Trinajstić information content (AvgIpc) is 3.57. The van der Waals surface area contributed by atoms with E-state index in [2.05, 4.69) is 70.3 Å². The third kappa shape index (κ3) is 3.21. The number of allylic oxidation sites excluding steroid dienone is 2. The molecular weight excluding hydrogens is 462 g/mol. The van der Waals surface area contributed by atoms with Crippen molar-refractivity contribution in [2.24, 2.45) is 5.92 Å². The minimum atomic E-state index is -0.262. The molecule has 0 radical (unpaired) electrons. The van der Waals surface area contributed by atoms with Crippen LogP contribution < -0.4 is 10.2 Å². The first-order chi connectivity index (χ1) is 18.2. The Morgan fingerprint density at radius 3 is 2.62 bits per heavy atom. The Kier molecular flexibility index (Phi) is 6.12. The first kappa shape index (κ1) is 24.3. The summed E-state index contributed by atoms with van der Waals surface area (Å²) in [5, 5.41) is 5.50. The lowest BCUT2D eigenvalue weighted by Gasteiger charge is -2.40. The molecular formula is C31H37N3O3. The standard InChI is InChI=1S/C29H31N3O3.C2H6/c1-4-9-16-15-31-20-12-7-5-10-17(20)23-24-19(14-30-28(24)33)22-18-11-6-8-13-21(18)32(26(22)25(23)31)29(35-3)27(16)34-2;1-2/h5-8,10-13,16-17,20,27,29H,4,9,14-15H2,1-3H3,(H,30,33);1-2H3. The van der Waals surface area contributed by atoms with Crippen LogP contribution in [0.2, 0.25) is 0 Å². The predicted octanol–water partition coefficient (Wildman–Crippen LogP) is 6.05. The van der Waals surface area contributed by atoms with E-state index in [0.717, 1.165) is 36.0 Å². The minimum absolute atomic E-state index is 0.0544. The van der Waals surface area contributed by atoms with E-state index in [0.29, 0.717) is 6.54 Å². The molecule has 0 saturated heterocycles. The molecule has 1 aromatic heterocycles. The van der Waals surface area contributed by atoms with Crippen LogP contribution in [0.15, 0.2) is 48.6 Å². The number of carbonyl (C=O) groups is 1. The topological polar surface area (TPSA) is 55.7 Å². The van der Waals surface area contributed by atoms with Crippen LogP contribution in [0, 0.1) is 5.92 Å². The summed E-state index contributed by atoms with van der Waals surface area (Å²) in [6.07, 6.45) is 10.6. The third-order valence-corrected chi connectivity index (χ3v) is 8.61. The first-order valence-electron chi connectivity index (χ1n) is 13.8. The van der Waals surface area contributed by atoms with Crippen LogP contribution in [0.4, 0.5) is 5.69 Å². The summed E-state index contributed by atoms with van der Waals surface area (Å²) >= 11 is 0. The van der Waals surface area contributed by atoms with E-state index in [1.165, 1.54) is 27.5 Å². The van der Waals surface area contributed by atoms with Gasteiger partial charge in [0.25, 0.3) is 5.91 Å². The number of carbonyl (C=O) groups excluding carboxylic acids is 1. The molecule has 4 heterocycles. The van der Waals surface area contributed by atoms with Gasteiger partial charge in [0.05, 0.1) is 28.3 Å². The van der Waals surface area contributed by atoms with Gasteiger partial charge >= 0.3 is 0 Å². The summed E-state index contributed by atoms with van der Waals surface area (Å²) in [6.45, 7) is 7.67. The zero-order valence-electron chi connectivity index (χ0n) is 22.5. The fourth-order valence-electron chi connectivity index (χ4n) is 7.34. The van der Waals surface area contributed by atoms with Crippen LogP contribution in [0.5, 0.6) is 0 Å². The largest absolute Gasteiger partial charge is 0.376 e. The Bertz CT molecular complexity index is 1430. The van der Waals surface area contributed by atoms with E-state index in [9.17, 15) is 4.79 Å². The summed E-state index contributed by atoms with van der Waals surface area (Å²) in [5.41, 5.74) is 6.70. The number of anilines is 1. The lowest BCUT2D eigenvalue weighted by atomic mass is 9.86. The van der Waals surface area contributed by atoms with E-state index in [4.69, 9.17) is 9.47 Å². The van der Waals surface area contributed by atoms with Crippen LogP contribution in [0.25, 0.3) is 21.8 Å². The van der Waals surface area contributed by atoms with Gasteiger partial charge in [0.1, 0.15) is 6.10 Å². The molecule has 0 fully saturated rings. The summed E-state index contributed by atoms with van der Waals surface area (Å²) < 4.78 is 14.9. The maximum Gasteiger partial charge on any atom is 0.252 e. The molecule has 1 N–H and O–H groups in total. The minimum Gasteiger partial charge on any atom is -0.376 e. The summed E-state index contributed by atoms with van der Waals surface area (Å²) in [5.74, 6) is 0.497. The zero-order valence-corrected chi connectivity index (χ0v) is 22.5. The first-order valence-corrected chi connectivity index (χ1v) is 13.8. The van der Waals surface area contributed by atoms with Crippen molar-refractivity contribution >= 4 is 33.4 Å². The molecule has 5 atom stereocenters. The van der Waals surface area contributed by atoms with Crippen molar-refractivity contribution in [3.8, 4) is 0 Å². The van der Waals surface area contributed by atoms with Gasteiger partial charge in [0.15, 0.2) is 6.23 Å². The second-order valence-corrected chi connectivity index (χ2v) is 10.2. The molecule has 7 rings (SSSR count). The lowest BCUT2D eigenvalue weighted by molar-refractivity contribution is -0.0990. The molecule has 2 aromatic carbocycles. The van der Waals surface area contributed by atoms with Gasteiger partial charge in [0.2, 0.25) is 0 Å². The molecule has 0 spiro atoms. The van der Waals surface area contributed by atoms with Crippen molar-refractivity contribution in [2.75, 3.05) is 25.7 Å². The highest BCUT2D eigenvalue weighted by molar-refractivity contribution is 6.20. The molecule has 6 heteroatoms. The van der Waals surface area contributed by atoms with Crippen molar-refractivity contribution in [3.63, 3.8) is 0 Å². The number of hydrogen-bond donors (Lipinski definition) is 1. The number of methoxy groups -OCH3 is 2. The van der Waals surface area contributed by atoms with Crippen LogP contribution >= 0.6 is 0 Å². The SMILES string of the molecule is CC.CCCC1CN2c3c(c4c(c5c6ccccc6n(c35)C(OC)C1OC)CNC4=O)C1C=CC=CC12. The highest BCUT2D eigenvalue weighted by Crippen LogP contribution is 2.55. The number of ether oxygens (including phenoxy) is 2. The van der Waals surface area contributed by atoms with Gasteiger partial charge in [0, 0.05) is 49.9 Å². The van der Waals surface area contributed by atoms with Crippen molar-refractivity contribution < 1.29 is 14.3 Å². The average molecular weight is 500 g/mol. The van der Waals surface area contributed by atoms with E-state index in [1.807, 2.05) is 21.0 Å². The van der Waals surface area contributed by atoms with Crippen LogP contribution in [-0.4, -0.2) is 43.4 Å². The van der Waals surface area contributed by atoms with Gasteiger partial charge < -0.3 is 24.3 Å². The normalized spacial score (nSPS) is 27.0. The molecule has 3 aliphatic heterocycles. The van der Waals surface area contributed by atoms with Gasteiger partial charge in [-0.05, 0) is 23.6 Å². The Labute approximate surface area is 218 Å². The van der Waals surface area contributed by atoms with Gasteiger partial charge in [-0.2, -0.15) is 0 Å². The number of nitrogens with zero attached hydrogens (tertiary/aromatic N) is 2. The number of aromatic nitrogens is 1. The third-order valence-electron chi connectivity index (χ3n) is 8.61. The van der Waals surface area contributed by atoms with Crippen molar-refractivity contribution in [1.82, 2.24) is 9.88 Å². The Morgan fingerprint density at radius 1 is 1.08 bits per heavy atom. The van der Waals surface area contributed by atoms with E-state index in [-0.39, 0.29) is 36.1 Å². The molecule has 6 nitrogen and oxygen atoms in total. The predicted molar refractivity (Wildman–Crippen MR) is 149 cm³/mol. The Morgan fingerprint density at radius 2 is 1.86 bits per heavy atom. The molecule has 4 aliphatic rings. The lowest BCUT2D eigenvalue weighted by Crippen LogP contribution is -2.45. The van der Waals surface area contributed by atoms with Crippen molar-refractivity contribution in [1.29, 1.82) is 0 Å². The summed E-state index contributed by atoms with van der Waals surface area (Å²) in [7, 11) is 3.61. The molecule has 0 bridgehead atoms. The second-order valence-electron chi connectivity index (χ2n) is 10.2. The monoisotopic (exact) mass is 499 g/mol. The molecule has 1 amide bonds. The number of fused-ring (bicyclic) bond motifs is 9. The number of para-hydroxylation sites is 1. The van der Waals surface area contributed by atoms with Crippen LogP contribution in [0.1, 0.15) is 67.2 Å². The number of amides is 1. The molecule has 3 aromatic rings. The van der Waals surface area contributed by atoms with E-state index < -0.39 is 0 Å². The van der Waals surface area contributed by atoms with Gasteiger partial charge in [-0.15, -0.1) is 0 Å². The fourth-order valence-corrected chi connectivity index (χ4v) is 7.34. The Hall–Kier alpha value is -3.09. The number of nitrogens with one attached hydrogen (secondary N) is 1. The van der Waals surface area contributed by atoms with Crippen molar-refractivity contribution in [2.45, 2.75) is 64.4 Å². The zero-order chi connectivity index (χ0) is 25.8. The number of rotatable bonds is 4. The molecule has 5 unspecified atom stereocenters. The molecule has 0 saturated carbocycles. The second kappa shape index (κ2) is 9.34. The van der Waals surface area contributed by atoms with Crippen LogP contribution in [0.3, 0.4) is 0 Å². The smallest absolute Gasteiger partial charge is 0.252 e. The maximum atomic E-state index is 13.3. The van der Waals surface area contributed by atoms with Gasteiger partial charge in [-0.1, -0.05) is 69.7 Å². The van der Waals surface area contributed by atoms with E-state index in [1.54, 1.807) is 7.11 Å². The summed E-state index contributed by atoms with van der Waals surface area (Å²) in [6, 6.07) is 8.74.